The summed E-state index contributed by atoms with van der Waals surface area (Å²) in [4.78, 5) is 42.7. The van der Waals surface area contributed by atoms with Crippen molar-refractivity contribution in [2.24, 2.45) is 0 Å². The molecule has 0 aliphatic carbocycles. The van der Waals surface area contributed by atoms with Gasteiger partial charge in [0.1, 0.15) is 6.61 Å². The normalized spacial score (nSPS) is 13.9. The number of carbonyl (C=O) groups is 2. The molecule has 0 aliphatic rings. The van der Waals surface area contributed by atoms with Crippen molar-refractivity contribution in [3.8, 4) is 0 Å². The van der Waals surface area contributed by atoms with Gasteiger partial charge in [0, 0.05) is 12.8 Å². The number of rotatable bonds is 33. The molecular formula is C40H67O9P. The molecular weight excluding hydrogens is 655 g/mol. The predicted molar refractivity (Wildman–Crippen MR) is 203 cm³/mol. The van der Waals surface area contributed by atoms with E-state index in [2.05, 4.69) is 67.0 Å². The van der Waals surface area contributed by atoms with Crippen LogP contribution in [-0.4, -0.2) is 52.3 Å². The molecule has 9 nitrogen and oxygen atoms in total. The Balaban J connectivity index is 4.23. The van der Waals surface area contributed by atoms with Crippen LogP contribution in [0.25, 0.3) is 0 Å². The molecule has 0 rings (SSSR count). The molecule has 0 saturated carbocycles. The lowest BCUT2D eigenvalue weighted by Gasteiger charge is -2.18. The second-order valence-corrected chi connectivity index (χ2v) is 13.6. The molecule has 50 heavy (non-hydrogen) atoms. The maximum atomic E-state index is 12.3. The van der Waals surface area contributed by atoms with Crippen LogP contribution in [0.1, 0.15) is 142 Å². The zero-order valence-corrected chi connectivity index (χ0v) is 31.8. The highest BCUT2D eigenvalue weighted by molar-refractivity contribution is 7.46. The van der Waals surface area contributed by atoms with Crippen molar-refractivity contribution in [3.63, 3.8) is 0 Å². The molecule has 0 radical (unpaired) electrons. The average Bonchev–Trinajstić information content (AvgIpc) is 3.08. The molecule has 0 fully saturated rings. The summed E-state index contributed by atoms with van der Waals surface area (Å²) >= 11 is 0. The van der Waals surface area contributed by atoms with Gasteiger partial charge in [-0.1, -0.05) is 157 Å². The van der Waals surface area contributed by atoms with Gasteiger partial charge in [-0.2, -0.15) is 0 Å². The minimum atomic E-state index is -4.81. The SMILES string of the molecule is CC/C=C\C/C=C\C/C=C\C/C=C\C/C=C\C=C/C(O)CCC(=O)OC[C@H](COP(=O)(O)O)OC(=O)CCCCCCCCCCCCCC. The second-order valence-electron chi connectivity index (χ2n) is 12.4. The van der Waals surface area contributed by atoms with E-state index >= 15 is 0 Å². The van der Waals surface area contributed by atoms with Gasteiger partial charge < -0.3 is 24.4 Å². The molecule has 0 aromatic rings. The van der Waals surface area contributed by atoms with Gasteiger partial charge in [-0.05, 0) is 44.9 Å². The summed E-state index contributed by atoms with van der Waals surface area (Å²) < 4.78 is 26.1. The van der Waals surface area contributed by atoms with E-state index < -0.39 is 45.2 Å². The smallest absolute Gasteiger partial charge is 0.462 e. The molecule has 0 spiro atoms. The second kappa shape index (κ2) is 34.9. The molecule has 10 heteroatoms. The van der Waals surface area contributed by atoms with Gasteiger partial charge in [-0.15, -0.1) is 0 Å². The van der Waals surface area contributed by atoms with Gasteiger partial charge in [0.05, 0.1) is 12.7 Å². The summed E-state index contributed by atoms with van der Waals surface area (Å²) in [5, 5.41) is 10.2. The number of esters is 2. The van der Waals surface area contributed by atoms with Crippen LogP contribution in [0.4, 0.5) is 0 Å². The number of hydrogen-bond donors (Lipinski definition) is 3. The molecule has 0 bridgehead atoms. The Morgan fingerprint density at radius 2 is 1.12 bits per heavy atom. The van der Waals surface area contributed by atoms with E-state index in [0.29, 0.717) is 6.42 Å². The van der Waals surface area contributed by atoms with Crippen LogP contribution in [0, 0.1) is 0 Å². The first-order chi connectivity index (χ1) is 24.2. The number of carbonyl (C=O) groups excluding carboxylic acids is 2. The monoisotopic (exact) mass is 722 g/mol. The average molecular weight is 723 g/mol. The lowest BCUT2D eigenvalue weighted by molar-refractivity contribution is -0.161. The summed E-state index contributed by atoms with van der Waals surface area (Å²) in [5.41, 5.74) is 0. The number of unbranched alkanes of at least 4 members (excludes halogenated alkanes) is 11. The molecule has 1 unspecified atom stereocenters. The molecule has 0 aromatic heterocycles. The minimum Gasteiger partial charge on any atom is -0.462 e. The first-order valence-corrected chi connectivity index (χ1v) is 20.4. The summed E-state index contributed by atoms with van der Waals surface area (Å²) in [6.45, 7) is 3.33. The summed E-state index contributed by atoms with van der Waals surface area (Å²) in [5.74, 6) is -1.17. The van der Waals surface area contributed by atoms with E-state index in [0.717, 1.165) is 51.4 Å². The molecule has 0 amide bonds. The van der Waals surface area contributed by atoms with Crippen LogP contribution in [0.2, 0.25) is 0 Å². The lowest BCUT2D eigenvalue weighted by atomic mass is 10.0. The first-order valence-electron chi connectivity index (χ1n) is 18.8. The Bertz CT molecular complexity index is 1060. The fraction of sp³-hybridized carbons (Fsp3) is 0.650. The molecule has 0 aliphatic heterocycles. The van der Waals surface area contributed by atoms with Crippen molar-refractivity contribution < 1.29 is 43.0 Å². The van der Waals surface area contributed by atoms with E-state index in [1.807, 2.05) is 12.2 Å². The van der Waals surface area contributed by atoms with Gasteiger partial charge >= 0.3 is 19.8 Å². The highest BCUT2D eigenvalue weighted by atomic mass is 31.2. The van der Waals surface area contributed by atoms with Crippen molar-refractivity contribution in [3.05, 3.63) is 72.9 Å². The molecule has 0 heterocycles. The van der Waals surface area contributed by atoms with E-state index in [1.54, 1.807) is 12.2 Å². The predicted octanol–water partition coefficient (Wildman–Crippen LogP) is 10.1. The number of ether oxygens (including phenoxy) is 2. The number of phosphoric acid groups is 1. The third-order valence-electron chi connectivity index (χ3n) is 7.61. The highest BCUT2D eigenvalue weighted by Crippen LogP contribution is 2.36. The molecule has 286 valence electrons. The van der Waals surface area contributed by atoms with E-state index in [1.165, 1.54) is 51.4 Å². The third-order valence-corrected chi connectivity index (χ3v) is 8.09. The van der Waals surface area contributed by atoms with Crippen LogP contribution in [0.15, 0.2) is 72.9 Å². The van der Waals surface area contributed by atoms with Gasteiger partial charge in [0.25, 0.3) is 0 Å². The largest absolute Gasteiger partial charge is 0.469 e. The van der Waals surface area contributed by atoms with E-state index in [-0.39, 0.29) is 19.3 Å². The highest BCUT2D eigenvalue weighted by Gasteiger charge is 2.23. The summed E-state index contributed by atoms with van der Waals surface area (Å²) in [7, 11) is -4.81. The maximum Gasteiger partial charge on any atom is 0.469 e. The maximum absolute atomic E-state index is 12.3. The summed E-state index contributed by atoms with van der Waals surface area (Å²) in [6.07, 6.45) is 41.0. The van der Waals surface area contributed by atoms with Gasteiger partial charge in [0.2, 0.25) is 0 Å². The Kier molecular flexibility index (Phi) is 33.1. The van der Waals surface area contributed by atoms with Crippen molar-refractivity contribution in [2.45, 2.75) is 154 Å². The number of hydrogen-bond acceptors (Lipinski definition) is 7. The Labute approximate surface area is 302 Å². The zero-order chi connectivity index (χ0) is 37.0. The number of aliphatic hydroxyl groups excluding tert-OH is 1. The van der Waals surface area contributed by atoms with Crippen molar-refractivity contribution in [1.29, 1.82) is 0 Å². The third kappa shape index (κ3) is 36.7. The van der Waals surface area contributed by atoms with Crippen molar-refractivity contribution in [2.75, 3.05) is 13.2 Å². The number of allylic oxidation sites excluding steroid dienone is 11. The van der Waals surface area contributed by atoms with Crippen LogP contribution in [-0.2, 0) is 28.2 Å². The van der Waals surface area contributed by atoms with Gasteiger partial charge in [0.15, 0.2) is 6.10 Å². The minimum absolute atomic E-state index is 0.0873. The fourth-order valence-corrected chi connectivity index (χ4v) is 5.14. The topological polar surface area (TPSA) is 140 Å². The quantitative estimate of drug-likeness (QED) is 0.0198. The van der Waals surface area contributed by atoms with Crippen LogP contribution in [0.3, 0.4) is 0 Å². The molecule has 2 atom stereocenters. The van der Waals surface area contributed by atoms with E-state index in [9.17, 15) is 19.3 Å². The van der Waals surface area contributed by atoms with Crippen LogP contribution < -0.4 is 0 Å². The van der Waals surface area contributed by atoms with Crippen molar-refractivity contribution in [1.82, 2.24) is 0 Å². The van der Waals surface area contributed by atoms with Gasteiger partial charge in [-0.3, -0.25) is 14.1 Å². The van der Waals surface area contributed by atoms with Gasteiger partial charge in [-0.25, -0.2) is 4.57 Å². The Hall–Kier alpha value is -2.55. The van der Waals surface area contributed by atoms with Crippen molar-refractivity contribution >= 4 is 19.8 Å². The summed E-state index contributed by atoms with van der Waals surface area (Å²) in [6, 6.07) is 0. The standard InChI is InChI=1S/C40H67O9P/c1-3-5-7-9-11-13-15-17-18-19-20-21-23-25-27-29-31-37(41)33-34-39(42)47-35-38(36-48-50(44,45)46)49-40(43)32-30-28-26-24-22-16-14-12-10-8-6-4-2/h5,7,11,13,17-18,20-21,25,27,29,31,37-38,41H,3-4,6,8-10,12,14-16,19,22-24,26,28,30,32-36H2,1-2H3,(H2,44,45,46)/b7-5-,13-11-,18-17-,21-20-,27-25-,31-29-/t37?,38-/m1/s1. The number of aliphatic hydroxyl groups is 1. The number of phosphoric ester groups is 1. The molecule has 0 aromatic carbocycles. The lowest BCUT2D eigenvalue weighted by Crippen LogP contribution is -2.29. The Morgan fingerprint density at radius 1 is 0.620 bits per heavy atom. The van der Waals surface area contributed by atoms with Crippen LogP contribution >= 0.6 is 7.82 Å². The Morgan fingerprint density at radius 3 is 1.64 bits per heavy atom. The zero-order valence-electron chi connectivity index (χ0n) is 30.9. The molecule has 0 saturated heterocycles. The fourth-order valence-electron chi connectivity index (χ4n) is 4.78. The van der Waals surface area contributed by atoms with E-state index in [4.69, 9.17) is 19.3 Å². The van der Waals surface area contributed by atoms with Crippen LogP contribution in [0.5, 0.6) is 0 Å². The first kappa shape index (κ1) is 47.4. The molecule has 3 N–H and O–H groups in total.